The molecule has 1 heterocycles. The van der Waals surface area contributed by atoms with E-state index < -0.39 is 11.1 Å². The topological polar surface area (TPSA) is 54.0 Å². The number of nitrogens with one attached hydrogen (secondary N) is 2. The average Bonchev–Trinajstić information content (AvgIpc) is 2.64. The van der Waals surface area contributed by atoms with Crippen LogP contribution in [0, 0.1) is 0 Å². The monoisotopic (exact) mass is 281 g/mol. The Labute approximate surface area is 107 Å². The minimum Gasteiger partial charge on any atom is -0.361 e. The molecule has 1 rings (SSSR count). The van der Waals surface area contributed by atoms with Crippen molar-refractivity contribution in [3.05, 3.63) is 11.1 Å². The number of carbonyl (C=O) groups excluding carboxylic acids is 1. The van der Waals surface area contributed by atoms with Crippen molar-refractivity contribution >= 4 is 22.4 Å². The van der Waals surface area contributed by atoms with Gasteiger partial charge in [-0.3, -0.25) is 4.79 Å². The summed E-state index contributed by atoms with van der Waals surface area (Å²) in [5, 5.41) is 5.54. The van der Waals surface area contributed by atoms with Crippen molar-refractivity contribution in [1.29, 1.82) is 0 Å². The Morgan fingerprint density at radius 1 is 1.50 bits per heavy atom. The standard InChI is InChI=1S/C10H14F3N3OS/c1-6(2)16-8(17)3-4-14-9-15-5-7(18-9)10(11,12)13/h5-6H,3-4H2,1-2H3,(H,14,15)(H,16,17). The van der Waals surface area contributed by atoms with Gasteiger partial charge >= 0.3 is 6.18 Å². The lowest BCUT2D eigenvalue weighted by Gasteiger charge is -2.08. The van der Waals surface area contributed by atoms with E-state index in [1.165, 1.54) is 0 Å². The molecule has 0 atom stereocenters. The van der Waals surface area contributed by atoms with Crippen LogP contribution in [-0.4, -0.2) is 23.5 Å². The fraction of sp³-hybridized carbons (Fsp3) is 0.600. The molecule has 0 spiro atoms. The zero-order valence-corrected chi connectivity index (χ0v) is 10.8. The summed E-state index contributed by atoms with van der Waals surface area (Å²) in [5.41, 5.74) is 0. The maximum Gasteiger partial charge on any atom is 0.427 e. The SMILES string of the molecule is CC(C)NC(=O)CCNc1ncc(C(F)(F)F)s1. The molecule has 0 bridgehead atoms. The molecule has 0 aliphatic heterocycles. The van der Waals surface area contributed by atoms with Crippen LogP contribution in [-0.2, 0) is 11.0 Å². The van der Waals surface area contributed by atoms with Gasteiger partial charge in [-0.15, -0.1) is 0 Å². The van der Waals surface area contributed by atoms with Gasteiger partial charge in [-0.2, -0.15) is 13.2 Å². The molecule has 2 N–H and O–H groups in total. The van der Waals surface area contributed by atoms with Crippen molar-refractivity contribution in [3.8, 4) is 0 Å². The number of anilines is 1. The average molecular weight is 281 g/mol. The van der Waals surface area contributed by atoms with Gasteiger partial charge < -0.3 is 10.6 Å². The molecule has 0 aliphatic rings. The first-order chi connectivity index (χ1) is 8.29. The minimum atomic E-state index is -4.37. The van der Waals surface area contributed by atoms with Crippen LogP contribution in [0.1, 0.15) is 25.1 Å². The highest BCUT2D eigenvalue weighted by Crippen LogP contribution is 2.34. The number of nitrogens with zero attached hydrogens (tertiary/aromatic N) is 1. The molecule has 102 valence electrons. The van der Waals surface area contributed by atoms with Crippen LogP contribution in [0.5, 0.6) is 0 Å². The number of aromatic nitrogens is 1. The molecule has 8 heteroatoms. The number of amides is 1. The summed E-state index contributed by atoms with van der Waals surface area (Å²) in [6.45, 7) is 3.92. The number of alkyl halides is 3. The molecule has 0 aliphatic carbocycles. The first kappa shape index (κ1) is 14.7. The number of rotatable bonds is 5. The zero-order valence-electron chi connectivity index (χ0n) is 9.97. The lowest BCUT2D eigenvalue weighted by Crippen LogP contribution is -2.31. The summed E-state index contributed by atoms with van der Waals surface area (Å²) in [5.74, 6) is -0.148. The highest BCUT2D eigenvalue weighted by Gasteiger charge is 2.33. The molecule has 1 amide bonds. The van der Waals surface area contributed by atoms with E-state index in [1.54, 1.807) is 0 Å². The number of carbonyl (C=O) groups is 1. The minimum absolute atomic E-state index is 0.0502. The quantitative estimate of drug-likeness (QED) is 0.872. The molecular formula is C10H14F3N3OS. The third kappa shape index (κ3) is 4.91. The Balaban J connectivity index is 2.36. The Bertz CT molecular complexity index is 403. The van der Waals surface area contributed by atoms with Gasteiger partial charge in [0.2, 0.25) is 5.91 Å². The van der Waals surface area contributed by atoms with Crippen LogP contribution in [0.25, 0.3) is 0 Å². The van der Waals surface area contributed by atoms with E-state index in [4.69, 9.17) is 0 Å². The van der Waals surface area contributed by atoms with E-state index in [-0.39, 0.29) is 30.0 Å². The molecule has 1 aromatic rings. The van der Waals surface area contributed by atoms with Crippen molar-refractivity contribution in [1.82, 2.24) is 10.3 Å². The van der Waals surface area contributed by atoms with Crippen molar-refractivity contribution in [2.45, 2.75) is 32.5 Å². The first-order valence-electron chi connectivity index (χ1n) is 5.35. The van der Waals surface area contributed by atoms with E-state index in [0.29, 0.717) is 11.3 Å². The molecule has 0 saturated heterocycles. The van der Waals surface area contributed by atoms with E-state index in [2.05, 4.69) is 15.6 Å². The van der Waals surface area contributed by atoms with Crippen molar-refractivity contribution in [3.63, 3.8) is 0 Å². The summed E-state index contributed by atoms with van der Waals surface area (Å²) < 4.78 is 36.8. The maximum absolute atomic E-state index is 12.3. The number of hydrogen-bond donors (Lipinski definition) is 2. The molecular weight excluding hydrogens is 267 g/mol. The molecule has 1 aromatic heterocycles. The molecule has 18 heavy (non-hydrogen) atoms. The summed E-state index contributed by atoms with van der Waals surface area (Å²) in [4.78, 5) is 14.1. The third-order valence-corrected chi connectivity index (χ3v) is 2.86. The number of thiazole rings is 1. The van der Waals surface area contributed by atoms with Crippen LogP contribution in [0.15, 0.2) is 6.20 Å². The maximum atomic E-state index is 12.3. The third-order valence-electron chi connectivity index (χ3n) is 1.86. The van der Waals surface area contributed by atoms with Gasteiger partial charge in [-0.1, -0.05) is 11.3 Å². The molecule has 4 nitrogen and oxygen atoms in total. The largest absolute Gasteiger partial charge is 0.427 e. The van der Waals surface area contributed by atoms with E-state index in [1.807, 2.05) is 13.8 Å². The Hall–Kier alpha value is -1.31. The van der Waals surface area contributed by atoms with Crippen molar-refractivity contribution in [2.75, 3.05) is 11.9 Å². The number of halogens is 3. The number of hydrogen-bond acceptors (Lipinski definition) is 4. The normalized spacial score (nSPS) is 11.7. The van der Waals surface area contributed by atoms with Crippen LogP contribution < -0.4 is 10.6 Å². The van der Waals surface area contributed by atoms with Gasteiger partial charge in [-0.05, 0) is 13.8 Å². The Morgan fingerprint density at radius 3 is 2.67 bits per heavy atom. The van der Waals surface area contributed by atoms with Crippen LogP contribution >= 0.6 is 11.3 Å². The summed E-state index contributed by atoms with van der Waals surface area (Å²) in [6.07, 6.45) is -3.40. The Morgan fingerprint density at radius 2 is 2.17 bits per heavy atom. The fourth-order valence-electron chi connectivity index (χ4n) is 1.16. The van der Waals surface area contributed by atoms with E-state index in [9.17, 15) is 18.0 Å². The van der Waals surface area contributed by atoms with E-state index >= 15 is 0 Å². The van der Waals surface area contributed by atoms with Crippen molar-refractivity contribution < 1.29 is 18.0 Å². The van der Waals surface area contributed by atoms with Crippen LogP contribution in [0.4, 0.5) is 18.3 Å². The van der Waals surface area contributed by atoms with Crippen molar-refractivity contribution in [2.24, 2.45) is 0 Å². The predicted octanol–water partition coefficient (Wildman–Crippen LogP) is 2.49. The fourth-order valence-corrected chi connectivity index (χ4v) is 1.87. The second-order valence-corrected chi connectivity index (χ2v) is 4.96. The lowest BCUT2D eigenvalue weighted by molar-refractivity contribution is -0.134. The molecule has 0 saturated carbocycles. The highest BCUT2D eigenvalue weighted by atomic mass is 32.1. The molecule has 0 fully saturated rings. The second-order valence-electron chi connectivity index (χ2n) is 3.93. The van der Waals surface area contributed by atoms with Gasteiger partial charge in [0, 0.05) is 19.0 Å². The summed E-state index contributed by atoms with van der Waals surface area (Å²) in [7, 11) is 0. The van der Waals surface area contributed by atoms with Gasteiger partial charge in [-0.25, -0.2) is 4.98 Å². The Kier molecular flexibility index (Phi) is 4.94. The van der Waals surface area contributed by atoms with E-state index in [0.717, 1.165) is 6.20 Å². The first-order valence-corrected chi connectivity index (χ1v) is 6.17. The summed E-state index contributed by atoms with van der Waals surface area (Å²) in [6, 6.07) is 0.0502. The highest BCUT2D eigenvalue weighted by molar-refractivity contribution is 7.15. The smallest absolute Gasteiger partial charge is 0.361 e. The summed E-state index contributed by atoms with van der Waals surface area (Å²) >= 11 is 0.526. The van der Waals surface area contributed by atoms with Gasteiger partial charge in [0.15, 0.2) is 5.13 Å². The van der Waals surface area contributed by atoms with Gasteiger partial charge in [0.25, 0.3) is 0 Å². The van der Waals surface area contributed by atoms with Crippen LogP contribution in [0.3, 0.4) is 0 Å². The molecule has 0 unspecified atom stereocenters. The lowest BCUT2D eigenvalue weighted by atomic mass is 10.3. The van der Waals surface area contributed by atoms with Crippen LogP contribution in [0.2, 0.25) is 0 Å². The second kappa shape index (κ2) is 6.03. The predicted molar refractivity (Wildman–Crippen MR) is 63.5 cm³/mol. The molecule has 0 radical (unpaired) electrons. The zero-order chi connectivity index (χ0) is 13.8. The van der Waals surface area contributed by atoms with Gasteiger partial charge in [0.05, 0.1) is 6.20 Å². The van der Waals surface area contributed by atoms with Gasteiger partial charge in [0.1, 0.15) is 4.88 Å². The molecule has 0 aromatic carbocycles.